The van der Waals surface area contributed by atoms with Crippen LogP contribution in [-0.2, 0) is 4.79 Å². The number of nitrogens with one attached hydrogen (secondary N) is 1. The van der Waals surface area contributed by atoms with Gasteiger partial charge in [-0.15, -0.1) is 0 Å². The molecule has 1 aliphatic rings. The van der Waals surface area contributed by atoms with E-state index in [0.29, 0.717) is 12.0 Å². The van der Waals surface area contributed by atoms with Crippen LogP contribution in [0.25, 0.3) is 0 Å². The number of likely N-dealkylation sites (tertiary alicyclic amines) is 1. The molecule has 2 aromatic carbocycles. The second kappa shape index (κ2) is 6.55. The Hall–Kier alpha value is -2.13. The number of carbonyl (C=O) groups excluding carboxylic acids is 1. The van der Waals surface area contributed by atoms with E-state index in [-0.39, 0.29) is 11.9 Å². The molecule has 0 saturated carbocycles. The average Bonchev–Trinajstić information content (AvgIpc) is 2.53. The summed E-state index contributed by atoms with van der Waals surface area (Å²) in [4.78, 5) is 14.9. The zero-order chi connectivity index (χ0) is 16.4. The van der Waals surface area contributed by atoms with Crippen LogP contribution in [0, 0.1) is 12.8 Å². The van der Waals surface area contributed by atoms with Gasteiger partial charge < -0.3 is 5.32 Å². The van der Waals surface area contributed by atoms with E-state index < -0.39 is 0 Å². The fraction of sp³-hybridized carbons (Fsp3) is 0.350. The molecule has 3 atom stereocenters. The predicted molar refractivity (Wildman–Crippen MR) is 94.3 cm³/mol. The lowest BCUT2D eigenvalue weighted by Gasteiger charge is -2.49. The second-order valence-electron chi connectivity index (χ2n) is 6.56. The minimum absolute atomic E-state index is 0.0587. The van der Waals surface area contributed by atoms with Crippen molar-refractivity contribution >= 4 is 11.6 Å². The Bertz CT molecular complexity index is 683. The Balaban J connectivity index is 1.70. The number of aryl methyl sites for hydroxylation is 1. The smallest absolute Gasteiger partial charge is 0.241 e. The zero-order valence-corrected chi connectivity index (χ0v) is 14.0. The summed E-state index contributed by atoms with van der Waals surface area (Å²) in [5.41, 5.74) is 3.31. The zero-order valence-electron chi connectivity index (χ0n) is 14.0. The van der Waals surface area contributed by atoms with E-state index in [1.54, 1.807) is 0 Å². The van der Waals surface area contributed by atoms with Gasteiger partial charge in [-0.1, -0.05) is 49.4 Å². The van der Waals surface area contributed by atoms with Gasteiger partial charge in [-0.05, 0) is 43.0 Å². The highest BCUT2D eigenvalue weighted by Crippen LogP contribution is 2.40. The van der Waals surface area contributed by atoms with E-state index in [0.717, 1.165) is 17.8 Å². The molecule has 3 rings (SSSR count). The van der Waals surface area contributed by atoms with E-state index in [1.807, 2.05) is 44.2 Å². The van der Waals surface area contributed by atoms with Crippen LogP contribution in [0.1, 0.15) is 31.0 Å². The Morgan fingerprint density at radius 1 is 1.17 bits per heavy atom. The lowest BCUT2D eigenvalue weighted by Crippen LogP contribution is -2.56. The van der Waals surface area contributed by atoms with E-state index in [9.17, 15) is 4.79 Å². The van der Waals surface area contributed by atoms with Crippen LogP contribution in [0.2, 0.25) is 0 Å². The summed E-state index contributed by atoms with van der Waals surface area (Å²) in [7, 11) is 0. The third-order valence-electron chi connectivity index (χ3n) is 4.70. The summed E-state index contributed by atoms with van der Waals surface area (Å²) >= 11 is 0. The normalized spacial score (nSPS) is 22.2. The quantitative estimate of drug-likeness (QED) is 0.925. The van der Waals surface area contributed by atoms with Gasteiger partial charge in [0.1, 0.15) is 0 Å². The van der Waals surface area contributed by atoms with Gasteiger partial charge in [0.25, 0.3) is 0 Å². The Morgan fingerprint density at radius 3 is 2.57 bits per heavy atom. The van der Waals surface area contributed by atoms with Gasteiger partial charge in [-0.2, -0.15) is 0 Å². The average molecular weight is 308 g/mol. The highest BCUT2D eigenvalue weighted by atomic mass is 16.2. The summed E-state index contributed by atoms with van der Waals surface area (Å²) < 4.78 is 0. The summed E-state index contributed by atoms with van der Waals surface area (Å²) in [6, 6.07) is 18.6. The van der Waals surface area contributed by atoms with Crippen LogP contribution >= 0.6 is 0 Å². The highest BCUT2D eigenvalue weighted by molar-refractivity contribution is 5.94. The number of benzene rings is 2. The lowest BCUT2D eigenvalue weighted by molar-refractivity contribution is -0.126. The molecule has 1 amide bonds. The summed E-state index contributed by atoms with van der Waals surface area (Å²) in [5, 5.41) is 3.04. The largest absolute Gasteiger partial charge is 0.325 e. The van der Waals surface area contributed by atoms with Crippen molar-refractivity contribution in [1.82, 2.24) is 4.90 Å². The summed E-state index contributed by atoms with van der Waals surface area (Å²) in [6.07, 6.45) is 0. The molecular formula is C20H24N2O. The number of hydrogen-bond acceptors (Lipinski definition) is 2. The molecular weight excluding hydrogens is 284 g/mol. The van der Waals surface area contributed by atoms with Crippen molar-refractivity contribution in [3.63, 3.8) is 0 Å². The van der Waals surface area contributed by atoms with Crippen molar-refractivity contribution in [1.29, 1.82) is 0 Å². The first-order valence-electron chi connectivity index (χ1n) is 8.24. The molecule has 120 valence electrons. The number of nitrogens with zero attached hydrogens (tertiary/aromatic N) is 1. The fourth-order valence-electron chi connectivity index (χ4n) is 3.42. The molecule has 3 unspecified atom stereocenters. The summed E-state index contributed by atoms with van der Waals surface area (Å²) in [5.74, 6) is 0.634. The predicted octanol–water partition coefficient (Wildman–Crippen LogP) is 4.02. The number of carbonyl (C=O) groups is 1. The van der Waals surface area contributed by atoms with Gasteiger partial charge in [-0.25, -0.2) is 0 Å². The van der Waals surface area contributed by atoms with Gasteiger partial charge in [0, 0.05) is 18.3 Å². The first-order valence-corrected chi connectivity index (χ1v) is 8.24. The number of hydrogen-bond donors (Lipinski definition) is 1. The maximum Gasteiger partial charge on any atom is 0.241 e. The fourth-order valence-corrected chi connectivity index (χ4v) is 3.42. The van der Waals surface area contributed by atoms with Gasteiger partial charge in [-0.3, -0.25) is 9.69 Å². The third-order valence-corrected chi connectivity index (χ3v) is 4.70. The molecule has 0 aliphatic carbocycles. The molecule has 0 radical (unpaired) electrons. The van der Waals surface area contributed by atoms with Gasteiger partial charge in [0.15, 0.2) is 0 Å². The Kier molecular flexibility index (Phi) is 4.49. The van der Waals surface area contributed by atoms with Crippen LogP contribution < -0.4 is 5.32 Å². The number of anilines is 1. The van der Waals surface area contributed by atoms with E-state index >= 15 is 0 Å². The SMILES string of the molecule is Cc1cccc(NC(=O)C(C)N2CC(C)C2c2ccccc2)c1. The minimum atomic E-state index is -0.142. The van der Waals surface area contributed by atoms with Crippen molar-refractivity contribution in [2.45, 2.75) is 32.9 Å². The van der Waals surface area contributed by atoms with Crippen LogP contribution in [0.3, 0.4) is 0 Å². The number of amides is 1. The molecule has 1 fully saturated rings. The van der Waals surface area contributed by atoms with Crippen LogP contribution in [0.5, 0.6) is 0 Å². The molecule has 1 heterocycles. The molecule has 0 spiro atoms. The first-order chi connectivity index (χ1) is 11.1. The molecule has 0 bridgehead atoms. The molecule has 1 aliphatic heterocycles. The Morgan fingerprint density at radius 2 is 1.91 bits per heavy atom. The van der Waals surface area contributed by atoms with Gasteiger partial charge >= 0.3 is 0 Å². The molecule has 3 heteroatoms. The van der Waals surface area contributed by atoms with Crippen LogP contribution in [0.15, 0.2) is 54.6 Å². The maximum atomic E-state index is 12.6. The molecule has 2 aromatic rings. The monoisotopic (exact) mass is 308 g/mol. The van der Waals surface area contributed by atoms with Gasteiger partial charge in [0.05, 0.1) is 6.04 Å². The summed E-state index contributed by atoms with van der Waals surface area (Å²) in [6.45, 7) is 7.23. The van der Waals surface area contributed by atoms with Crippen molar-refractivity contribution in [2.75, 3.05) is 11.9 Å². The molecule has 3 nitrogen and oxygen atoms in total. The van der Waals surface area contributed by atoms with E-state index in [1.165, 1.54) is 5.56 Å². The minimum Gasteiger partial charge on any atom is -0.325 e. The first kappa shape index (κ1) is 15.8. The third kappa shape index (κ3) is 3.30. The maximum absolute atomic E-state index is 12.6. The van der Waals surface area contributed by atoms with Crippen molar-refractivity contribution in [3.8, 4) is 0 Å². The standard InChI is InChI=1S/C20H24N2O/c1-14-8-7-11-18(12-14)21-20(23)16(3)22-13-15(2)19(22)17-9-5-4-6-10-17/h4-12,15-16,19H,13H2,1-3H3,(H,21,23). The molecule has 1 N–H and O–H groups in total. The highest BCUT2D eigenvalue weighted by Gasteiger charge is 2.41. The van der Waals surface area contributed by atoms with Crippen molar-refractivity contribution in [3.05, 3.63) is 65.7 Å². The topological polar surface area (TPSA) is 32.3 Å². The molecule has 23 heavy (non-hydrogen) atoms. The van der Waals surface area contributed by atoms with Crippen LogP contribution in [-0.4, -0.2) is 23.4 Å². The molecule has 0 aromatic heterocycles. The van der Waals surface area contributed by atoms with E-state index in [4.69, 9.17) is 0 Å². The van der Waals surface area contributed by atoms with Crippen LogP contribution in [0.4, 0.5) is 5.69 Å². The van der Waals surface area contributed by atoms with Crippen molar-refractivity contribution in [2.24, 2.45) is 5.92 Å². The lowest BCUT2D eigenvalue weighted by atomic mass is 9.83. The van der Waals surface area contributed by atoms with Crippen molar-refractivity contribution < 1.29 is 4.79 Å². The van der Waals surface area contributed by atoms with E-state index in [2.05, 4.69) is 41.4 Å². The van der Waals surface area contributed by atoms with Gasteiger partial charge in [0.2, 0.25) is 5.91 Å². The number of rotatable bonds is 4. The second-order valence-corrected chi connectivity index (χ2v) is 6.56. The molecule has 1 saturated heterocycles. The Labute approximate surface area is 138 Å².